The van der Waals surface area contributed by atoms with Crippen LogP contribution in [0.4, 0.5) is 0 Å². The molecule has 0 aromatic rings. The number of methoxy groups -OCH3 is 2. The van der Waals surface area contributed by atoms with Gasteiger partial charge in [-0.05, 0) is 19.6 Å². The number of carbonyl (C=O) groups is 2. The third kappa shape index (κ3) is 6.90. The molecule has 0 radical (unpaired) electrons. The molecule has 0 unspecified atom stereocenters. The maximum atomic E-state index is 12.1. The highest BCUT2D eigenvalue weighted by Crippen LogP contribution is 2.38. The fourth-order valence-corrected chi connectivity index (χ4v) is 4.34. The monoisotopic (exact) mass is 339 g/mol. The molecule has 124 valence electrons. The Morgan fingerprint density at radius 2 is 1.81 bits per heavy atom. The highest BCUT2D eigenvalue weighted by molar-refractivity contribution is 8.77. The van der Waals surface area contributed by atoms with E-state index in [-0.39, 0.29) is 17.1 Å². The van der Waals surface area contributed by atoms with Crippen molar-refractivity contribution in [3.05, 3.63) is 0 Å². The molecule has 0 aliphatic heterocycles. The maximum absolute atomic E-state index is 12.1. The summed E-state index contributed by atoms with van der Waals surface area (Å²) in [5, 5.41) is 8.94. The molecular weight excluding hydrogens is 314 g/mol. The highest BCUT2D eigenvalue weighted by atomic mass is 33.1. The summed E-state index contributed by atoms with van der Waals surface area (Å²) in [5.74, 6) is -1.20. The van der Waals surface area contributed by atoms with Crippen molar-refractivity contribution in [2.75, 3.05) is 40.7 Å². The number of hydrogen-bond donors (Lipinski definition) is 1. The molecule has 0 saturated carbocycles. The first kappa shape index (κ1) is 20.6. The molecule has 0 aliphatic carbocycles. The first-order valence-electron chi connectivity index (χ1n) is 6.51. The minimum absolute atomic E-state index is 0.191. The zero-order chi connectivity index (χ0) is 16.5. The van der Waals surface area contributed by atoms with Crippen LogP contribution in [0.3, 0.4) is 0 Å². The van der Waals surface area contributed by atoms with Gasteiger partial charge in [-0.25, -0.2) is 4.79 Å². The smallest absolute Gasteiger partial charge is 0.326 e. The van der Waals surface area contributed by atoms with E-state index in [1.54, 1.807) is 35.8 Å². The van der Waals surface area contributed by atoms with Gasteiger partial charge in [-0.15, -0.1) is 0 Å². The molecule has 21 heavy (non-hydrogen) atoms. The van der Waals surface area contributed by atoms with Gasteiger partial charge in [0.1, 0.15) is 6.04 Å². The number of rotatable bonds is 11. The van der Waals surface area contributed by atoms with E-state index < -0.39 is 12.0 Å². The number of likely N-dealkylation sites (N-methyl/N-ethyl adjacent to an activating group) is 1. The third-order valence-electron chi connectivity index (χ3n) is 3.20. The molecule has 0 aromatic heterocycles. The Kier molecular flexibility index (Phi) is 10.1. The van der Waals surface area contributed by atoms with Gasteiger partial charge in [-0.3, -0.25) is 4.79 Å². The fourth-order valence-electron chi connectivity index (χ4n) is 1.87. The van der Waals surface area contributed by atoms with Crippen molar-refractivity contribution in [3.8, 4) is 0 Å². The predicted octanol–water partition coefficient (Wildman–Crippen LogP) is 1.74. The number of hydrogen-bond acceptors (Lipinski definition) is 6. The molecule has 0 aromatic carbocycles. The zero-order valence-electron chi connectivity index (χ0n) is 13.2. The van der Waals surface area contributed by atoms with E-state index in [1.165, 1.54) is 18.9 Å². The summed E-state index contributed by atoms with van der Waals surface area (Å²) in [6, 6.07) is -0.829. The van der Waals surface area contributed by atoms with Crippen LogP contribution in [-0.4, -0.2) is 73.4 Å². The van der Waals surface area contributed by atoms with Crippen molar-refractivity contribution < 1.29 is 24.2 Å². The van der Waals surface area contributed by atoms with E-state index >= 15 is 0 Å². The van der Waals surface area contributed by atoms with Gasteiger partial charge >= 0.3 is 5.97 Å². The molecule has 0 aliphatic rings. The minimum atomic E-state index is -1.01. The van der Waals surface area contributed by atoms with Crippen LogP contribution in [-0.2, 0) is 19.1 Å². The molecule has 0 bridgehead atoms. The van der Waals surface area contributed by atoms with E-state index in [9.17, 15) is 9.59 Å². The summed E-state index contributed by atoms with van der Waals surface area (Å²) in [6.07, 6.45) is 2.79. The van der Waals surface area contributed by atoms with Gasteiger partial charge in [0.2, 0.25) is 5.91 Å². The fraction of sp³-hybridized carbons (Fsp3) is 0.846. The standard InChI is InChI=1S/C13H25NO5S2/c1-10(12(16)17)14(2)11(15)6-7-13(8-18-3,9-19-4)21-20-5/h10H,6-9H2,1-5H3,(H,16,17)/t10-/m0/s1. The van der Waals surface area contributed by atoms with Gasteiger partial charge in [0.05, 0.1) is 18.0 Å². The van der Waals surface area contributed by atoms with Gasteiger partial charge in [0.15, 0.2) is 0 Å². The average Bonchev–Trinajstić information content (AvgIpc) is 2.44. The van der Waals surface area contributed by atoms with Crippen LogP contribution in [0.1, 0.15) is 19.8 Å². The number of ether oxygens (including phenoxy) is 2. The van der Waals surface area contributed by atoms with Crippen LogP contribution in [0.15, 0.2) is 0 Å². The Hall–Kier alpha value is -0.440. The Labute approximate surface area is 134 Å². The van der Waals surface area contributed by atoms with Crippen LogP contribution in [0.2, 0.25) is 0 Å². The predicted molar refractivity (Wildman–Crippen MR) is 86.7 cm³/mol. The molecule has 6 nitrogen and oxygen atoms in total. The molecule has 1 N–H and O–H groups in total. The second-order valence-electron chi connectivity index (χ2n) is 4.82. The summed E-state index contributed by atoms with van der Waals surface area (Å²) in [5.41, 5.74) is 0. The van der Waals surface area contributed by atoms with Crippen LogP contribution in [0, 0.1) is 0 Å². The van der Waals surface area contributed by atoms with E-state index in [0.717, 1.165) is 0 Å². The summed E-state index contributed by atoms with van der Waals surface area (Å²) >= 11 is 0. The number of carboxylic acid groups (broad SMARTS) is 1. The van der Waals surface area contributed by atoms with Crippen LogP contribution in [0.5, 0.6) is 0 Å². The SMILES string of the molecule is COCC(CCC(=O)N(C)[C@@H](C)C(=O)O)(COC)SSC. The first-order chi connectivity index (χ1) is 9.83. The lowest BCUT2D eigenvalue weighted by molar-refractivity contribution is -0.148. The molecule has 0 spiro atoms. The quantitative estimate of drug-likeness (QED) is 0.575. The van der Waals surface area contributed by atoms with Crippen molar-refractivity contribution in [3.63, 3.8) is 0 Å². The lowest BCUT2D eigenvalue weighted by Crippen LogP contribution is -2.42. The van der Waals surface area contributed by atoms with Crippen molar-refractivity contribution in [2.45, 2.75) is 30.6 Å². The molecule has 1 atom stereocenters. The Morgan fingerprint density at radius 1 is 1.29 bits per heavy atom. The molecule has 1 amide bonds. The second-order valence-corrected chi connectivity index (χ2v) is 7.68. The van der Waals surface area contributed by atoms with Gasteiger partial charge in [0.25, 0.3) is 0 Å². The number of carbonyl (C=O) groups excluding carboxylic acids is 1. The normalized spacial score (nSPS) is 13.0. The number of amides is 1. The summed E-state index contributed by atoms with van der Waals surface area (Å²) in [6.45, 7) is 2.43. The summed E-state index contributed by atoms with van der Waals surface area (Å²) in [4.78, 5) is 24.3. The van der Waals surface area contributed by atoms with E-state index in [0.29, 0.717) is 19.6 Å². The van der Waals surface area contributed by atoms with Gasteiger partial charge < -0.3 is 19.5 Å². The molecule has 8 heteroatoms. The summed E-state index contributed by atoms with van der Waals surface area (Å²) < 4.78 is 10.2. The molecule has 0 saturated heterocycles. The third-order valence-corrected chi connectivity index (χ3v) is 5.72. The largest absolute Gasteiger partial charge is 0.480 e. The first-order valence-corrected chi connectivity index (χ1v) is 9.07. The summed E-state index contributed by atoms with van der Waals surface area (Å²) in [7, 11) is 7.96. The van der Waals surface area contributed by atoms with Crippen molar-refractivity contribution in [2.24, 2.45) is 0 Å². The Bertz CT molecular complexity index is 324. The molecular formula is C13H25NO5S2. The van der Waals surface area contributed by atoms with Gasteiger partial charge in [-0.1, -0.05) is 21.6 Å². The zero-order valence-corrected chi connectivity index (χ0v) is 14.9. The maximum Gasteiger partial charge on any atom is 0.326 e. The number of carboxylic acids is 1. The van der Waals surface area contributed by atoms with Gasteiger partial charge in [0, 0.05) is 27.7 Å². The number of nitrogens with zero attached hydrogens (tertiary/aromatic N) is 1. The average molecular weight is 339 g/mol. The van der Waals surface area contributed by atoms with E-state index in [2.05, 4.69) is 0 Å². The topological polar surface area (TPSA) is 76.1 Å². The minimum Gasteiger partial charge on any atom is -0.480 e. The lowest BCUT2D eigenvalue weighted by atomic mass is 10.0. The molecule has 0 heterocycles. The van der Waals surface area contributed by atoms with Crippen molar-refractivity contribution >= 4 is 33.5 Å². The van der Waals surface area contributed by atoms with E-state index in [4.69, 9.17) is 14.6 Å². The van der Waals surface area contributed by atoms with Crippen LogP contribution < -0.4 is 0 Å². The van der Waals surface area contributed by atoms with E-state index in [1.807, 2.05) is 6.26 Å². The van der Waals surface area contributed by atoms with Crippen LogP contribution >= 0.6 is 21.6 Å². The Morgan fingerprint density at radius 3 is 2.19 bits per heavy atom. The number of aliphatic carboxylic acids is 1. The second kappa shape index (κ2) is 10.3. The van der Waals surface area contributed by atoms with Crippen LogP contribution in [0.25, 0.3) is 0 Å². The van der Waals surface area contributed by atoms with Gasteiger partial charge in [-0.2, -0.15) is 0 Å². The Balaban J connectivity index is 4.72. The highest BCUT2D eigenvalue weighted by Gasteiger charge is 2.33. The lowest BCUT2D eigenvalue weighted by Gasteiger charge is -2.31. The molecule has 0 rings (SSSR count). The van der Waals surface area contributed by atoms with Crippen molar-refractivity contribution in [1.82, 2.24) is 4.90 Å². The van der Waals surface area contributed by atoms with Crippen molar-refractivity contribution in [1.29, 1.82) is 0 Å². The molecule has 0 fully saturated rings.